The van der Waals surface area contributed by atoms with Gasteiger partial charge in [-0.3, -0.25) is 9.69 Å². The van der Waals surface area contributed by atoms with E-state index in [9.17, 15) is 22.8 Å². The average molecular weight is 474 g/mol. The lowest BCUT2D eigenvalue weighted by molar-refractivity contribution is -0.164. The number of carbonyl (C=O) groups is 2. The molecule has 2 saturated heterocycles. The van der Waals surface area contributed by atoms with Crippen LogP contribution in [0.15, 0.2) is 60.7 Å². The predicted octanol–water partition coefficient (Wildman–Crippen LogP) is 5.64. The maximum absolute atomic E-state index is 13.6. The molecule has 4 rings (SSSR count). The smallest absolute Gasteiger partial charge is 0.335 e. The first-order chi connectivity index (χ1) is 16.1. The molecule has 1 spiro atoms. The monoisotopic (exact) mass is 473 g/mol. The minimum atomic E-state index is -4.57. The maximum atomic E-state index is 13.6. The molecule has 2 aliphatic heterocycles. The second-order valence-electron chi connectivity index (χ2n) is 9.71. The number of para-hydroxylation sites is 1. The van der Waals surface area contributed by atoms with E-state index in [0.29, 0.717) is 25.9 Å². The largest absolute Gasteiger partial charge is 0.397 e. The number of alkyl halides is 3. The molecule has 2 fully saturated rings. The van der Waals surface area contributed by atoms with E-state index < -0.39 is 30.1 Å². The van der Waals surface area contributed by atoms with Crippen LogP contribution >= 0.6 is 0 Å². The van der Waals surface area contributed by atoms with Gasteiger partial charge in [0.05, 0.1) is 11.6 Å². The van der Waals surface area contributed by atoms with E-state index in [1.165, 1.54) is 4.90 Å². The van der Waals surface area contributed by atoms with Gasteiger partial charge in [-0.05, 0) is 36.5 Å². The van der Waals surface area contributed by atoms with Crippen molar-refractivity contribution in [3.05, 3.63) is 66.2 Å². The van der Waals surface area contributed by atoms with Gasteiger partial charge in [0, 0.05) is 25.3 Å². The zero-order chi connectivity index (χ0) is 24.5. The average Bonchev–Trinajstić information content (AvgIpc) is 3.03. The molecule has 2 heterocycles. The van der Waals surface area contributed by atoms with Crippen LogP contribution in [0.4, 0.5) is 23.7 Å². The molecular formula is C26H30F3N3O2. The summed E-state index contributed by atoms with van der Waals surface area (Å²) < 4.78 is 39.3. The third kappa shape index (κ3) is 4.91. The zero-order valence-corrected chi connectivity index (χ0v) is 19.5. The fourth-order valence-electron chi connectivity index (χ4n) is 5.33. The van der Waals surface area contributed by atoms with Crippen LogP contribution < -0.4 is 4.90 Å². The number of hydrogen-bond donors (Lipinski definition) is 0. The van der Waals surface area contributed by atoms with Crippen LogP contribution in [0.25, 0.3) is 0 Å². The summed E-state index contributed by atoms with van der Waals surface area (Å²) in [6, 6.07) is 17.9. The standard InChI is InChI=1S/C26H30F3N3O2/c1-19(2)17-30-18-25(32(24(30)34)21-11-7-4-8-12-21)13-14-31(23(33)16-26(27,28)29)22(15-25)20-9-5-3-6-10-20/h3-12,19,22H,13-18H2,1-2H3/t22-,25+/m1/s1. The normalized spacial score (nSPS) is 23.3. The van der Waals surface area contributed by atoms with Gasteiger partial charge in [0.2, 0.25) is 5.91 Å². The van der Waals surface area contributed by atoms with E-state index >= 15 is 0 Å². The minimum Gasteiger partial charge on any atom is -0.335 e. The molecule has 0 bridgehead atoms. The van der Waals surface area contributed by atoms with Crippen molar-refractivity contribution in [2.45, 2.75) is 50.9 Å². The van der Waals surface area contributed by atoms with E-state index in [1.54, 1.807) is 0 Å². The van der Waals surface area contributed by atoms with Gasteiger partial charge in [-0.25, -0.2) is 4.79 Å². The first-order valence-corrected chi connectivity index (χ1v) is 11.6. The highest BCUT2D eigenvalue weighted by molar-refractivity contribution is 5.96. The lowest BCUT2D eigenvalue weighted by atomic mass is 9.79. The number of halogens is 3. The Labute approximate surface area is 198 Å². The van der Waals surface area contributed by atoms with E-state index in [0.717, 1.165) is 11.3 Å². The highest BCUT2D eigenvalue weighted by Crippen LogP contribution is 2.46. The summed E-state index contributed by atoms with van der Waals surface area (Å²) in [6.45, 7) is 5.33. The number of carbonyl (C=O) groups excluding carboxylic acids is 2. The van der Waals surface area contributed by atoms with Crippen molar-refractivity contribution in [1.29, 1.82) is 0 Å². The van der Waals surface area contributed by atoms with Gasteiger partial charge >= 0.3 is 12.2 Å². The summed E-state index contributed by atoms with van der Waals surface area (Å²) in [6.07, 6.45) is -5.27. The van der Waals surface area contributed by atoms with Crippen LogP contribution in [0.3, 0.4) is 0 Å². The topological polar surface area (TPSA) is 43.9 Å². The molecule has 2 aromatic carbocycles. The first kappa shape index (κ1) is 24.1. The molecule has 3 amide bonds. The van der Waals surface area contributed by atoms with Crippen molar-refractivity contribution >= 4 is 17.6 Å². The lowest BCUT2D eigenvalue weighted by Crippen LogP contribution is -2.57. The number of piperidine rings is 1. The van der Waals surface area contributed by atoms with Crippen molar-refractivity contribution in [3.8, 4) is 0 Å². The van der Waals surface area contributed by atoms with Crippen LogP contribution in [0.1, 0.15) is 44.7 Å². The minimum absolute atomic E-state index is 0.0956. The van der Waals surface area contributed by atoms with Crippen molar-refractivity contribution in [3.63, 3.8) is 0 Å². The van der Waals surface area contributed by atoms with Gasteiger partial charge in [-0.1, -0.05) is 62.4 Å². The number of amides is 3. The van der Waals surface area contributed by atoms with Crippen molar-refractivity contribution in [2.75, 3.05) is 24.5 Å². The van der Waals surface area contributed by atoms with E-state index in [1.807, 2.05) is 70.5 Å². The molecule has 0 saturated carbocycles. The SMILES string of the molecule is CC(C)CN1C[C@@]2(CCN(C(=O)CC(F)(F)F)[C@@H](c3ccccc3)C2)N(c2ccccc2)C1=O. The molecule has 182 valence electrons. The number of anilines is 1. The lowest BCUT2D eigenvalue weighted by Gasteiger charge is -2.48. The molecule has 0 aromatic heterocycles. The van der Waals surface area contributed by atoms with Gasteiger partial charge in [-0.2, -0.15) is 13.2 Å². The molecule has 0 unspecified atom stereocenters. The Bertz CT molecular complexity index is 1010. The molecule has 34 heavy (non-hydrogen) atoms. The third-order valence-corrected chi connectivity index (χ3v) is 6.65. The fourth-order valence-corrected chi connectivity index (χ4v) is 5.33. The van der Waals surface area contributed by atoms with Gasteiger partial charge in [0.15, 0.2) is 0 Å². The number of likely N-dealkylation sites (tertiary alicyclic amines) is 1. The Morgan fingerprint density at radius 1 is 1.06 bits per heavy atom. The Balaban J connectivity index is 1.73. The van der Waals surface area contributed by atoms with Crippen LogP contribution in [0, 0.1) is 5.92 Å². The molecule has 5 nitrogen and oxygen atoms in total. The molecule has 0 aliphatic carbocycles. The van der Waals surface area contributed by atoms with E-state index in [2.05, 4.69) is 13.8 Å². The molecule has 0 N–H and O–H groups in total. The molecule has 8 heteroatoms. The zero-order valence-electron chi connectivity index (χ0n) is 19.5. The van der Waals surface area contributed by atoms with Crippen LogP contribution in [-0.2, 0) is 4.79 Å². The van der Waals surface area contributed by atoms with Crippen LogP contribution in [-0.4, -0.2) is 53.1 Å². The molecule has 2 atom stereocenters. The van der Waals surface area contributed by atoms with Crippen LogP contribution in [0.2, 0.25) is 0 Å². The molecule has 0 radical (unpaired) electrons. The van der Waals surface area contributed by atoms with Crippen LogP contribution in [0.5, 0.6) is 0 Å². The molecular weight excluding hydrogens is 443 g/mol. The second-order valence-corrected chi connectivity index (χ2v) is 9.71. The number of rotatable bonds is 5. The van der Waals surface area contributed by atoms with Crippen molar-refractivity contribution in [2.24, 2.45) is 5.92 Å². The number of nitrogens with zero attached hydrogens (tertiary/aromatic N) is 3. The summed E-state index contributed by atoms with van der Waals surface area (Å²) in [5, 5.41) is 0. The summed E-state index contributed by atoms with van der Waals surface area (Å²) in [5.74, 6) is -0.652. The van der Waals surface area contributed by atoms with Gasteiger partial charge in [-0.15, -0.1) is 0 Å². The first-order valence-electron chi connectivity index (χ1n) is 11.6. The summed E-state index contributed by atoms with van der Waals surface area (Å²) in [5.41, 5.74) is 0.920. The number of benzene rings is 2. The highest BCUT2D eigenvalue weighted by Gasteiger charge is 2.54. The maximum Gasteiger partial charge on any atom is 0.397 e. The summed E-state index contributed by atoms with van der Waals surface area (Å²) in [4.78, 5) is 31.3. The summed E-state index contributed by atoms with van der Waals surface area (Å²) in [7, 11) is 0. The van der Waals surface area contributed by atoms with E-state index in [-0.39, 0.29) is 18.5 Å². The fraction of sp³-hybridized carbons (Fsp3) is 0.462. The van der Waals surface area contributed by atoms with E-state index in [4.69, 9.17) is 0 Å². The Morgan fingerprint density at radius 3 is 2.26 bits per heavy atom. The van der Waals surface area contributed by atoms with Crippen molar-refractivity contribution < 1.29 is 22.8 Å². The Morgan fingerprint density at radius 2 is 1.68 bits per heavy atom. The highest BCUT2D eigenvalue weighted by atomic mass is 19.4. The quantitative estimate of drug-likeness (QED) is 0.564. The van der Waals surface area contributed by atoms with Gasteiger partial charge in [0.1, 0.15) is 6.42 Å². The van der Waals surface area contributed by atoms with Gasteiger partial charge < -0.3 is 9.80 Å². The number of hydrogen-bond acceptors (Lipinski definition) is 2. The molecule has 2 aromatic rings. The van der Waals surface area contributed by atoms with Gasteiger partial charge in [0.25, 0.3) is 0 Å². The summed E-state index contributed by atoms with van der Waals surface area (Å²) >= 11 is 0. The predicted molar refractivity (Wildman–Crippen MR) is 124 cm³/mol. The molecule has 2 aliphatic rings. The van der Waals surface area contributed by atoms with Crippen molar-refractivity contribution in [1.82, 2.24) is 9.80 Å². The third-order valence-electron chi connectivity index (χ3n) is 6.65. The second kappa shape index (κ2) is 9.31. The Hall–Kier alpha value is -3.03. The Kier molecular flexibility index (Phi) is 6.60. The number of urea groups is 1.